The maximum atomic E-state index is 9.72. The molecule has 0 aliphatic rings. The van der Waals surface area contributed by atoms with Crippen molar-refractivity contribution in [3.05, 3.63) is 0 Å². The lowest BCUT2D eigenvalue weighted by atomic mass is 10.0. The molecule has 0 aliphatic heterocycles. The standard InChI is InChI=1S/C12H27NO4/c1-4-12(3,15)10-13-8-11(14)9-17-7-6-16-5-2/h11,13-15H,4-10H2,1-3H3. The van der Waals surface area contributed by atoms with Gasteiger partial charge in [0.05, 0.1) is 31.5 Å². The van der Waals surface area contributed by atoms with Crippen molar-refractivity contribution in [3.8, 4) is 0 Å². The molecule has 0 rings (SSSR count). The lowest BCUT2D eigenvalue weighted by Gasteiger charge is -2.22. The SMILES string of the molecule is CCOCCOCC(O)CNCC(C)(O)CC. The average Bonchev–Trinajstić information content (AvgIpc) is 2.28. The summed E-state index contributed by atoms with van der Waals surface area (Å²) >= 11 is 0. The second-order valence-corrected chi connectivity index (χ2v) is 4.41. The van der Waals surface area contributed by atoms with Crippen LogP contribution in [-0.2, 0) is 9.47 Å². The zero-order valence-corrected chi connectivity index (χ0v) is 11.2. The first kappa shape index (κ1) is 16.8. The molecule has 17 heavy (non-hydrogen) atoms. The highest BCUT2D eigenvalue weighted by Crippen LogP contribution is 2.05. The molecule has 0 bridgehead atoms. The summed E-state index contributed by atoms with van der Waals surface area (Å²) in [6.45, 7) is 8.54. The van der Waals surface area contributed by atoms with Gasteiger partial charge in [0.15, 0.2) is 0 Å². The quantitative estimate of drug-likeness (QED) is 0.455. The van der Waals surface area contributed by atoms with E-state index in [-0.39, 0.29) is 6.61 Å². The van der Waals surface area contributed by atoms with E-state index >= 15 is 0 Å². The summed E-state index contributed by atoms with van der Waals surface area (Å²) in [6.07, 6.45) is 0.130. The zero-order valence-electron chi connectivity index (χ0n) is 11.2. The van der Waals surface area contributed by atoms with Gasteiger partial charge in [0.2, 0.25) is 0 Å². The van der Waals surface area contributed by atoms with E-state index in [9.17, 15) is 10.2 Å². The third-order valence-corrected chi connectivity index (χ3v) is 2.53. The third-order valence-electron chi connectivity index (χ3n) is 2.53. The number of rotatable bonds is 11. The molecule has 104 valence electrons. The molecule has 0 spiro atoms. The minimum atomic E-state index is -0.713. The van der Waals surface area contributed by atoms with Crippen LogP contribution in [0.4, 0.5) is 0 Å². The van der Waals surface area contributed by atoms with Crippen LogP contribution in [0.5, 0.6) is 0 Å². The Labute approximate surface area is 104 Å². The fraction of sp³-hybridized carbons (Fsp3) is 1.00. The Bertz CT molecular complexity index is 176. The van der Waals surface area contributed by atoms with E-state index in [1.54, 1.807) is 6.92 Å². The van der Waals surface area contributed by atoms with Crippen molar-refractivity contribution in [2.24, 2.45) is 0 Å². The van der Waals surface area contributed by atoms with Crippen LogP contribution in [0.1, 0.15) is 27.2 Å². The van der Waals surface area contributed by atoms with E-state index in [2.05, 4.69) is 5.32 Å². The number of nitrogens with one attached hydrogen (secondary N) is 1. The summed E-state index contributed by atoms with van der Waals surface area (Å²) in [6, 6.07) is 0. The molecule has 0 aromatic rings. The number of aliphatic hydroxyl groups is 2. The molecule has 0 saturated carbocycles. The summed E-state index contributed by atoms with van der Waals surface area (Å²) in [5, 5.41) is 22.3. The Morgan fingerprint density at radius 2 is 1.88 bits per heavy atom. The van der Waals surface area contributed by atoms with E-state index < -0.39 is 11.7 Å². The normalized spacial score (nSPS) is 16.8. The van der Waals surface area contributed by atoms with E-state index in [4.69, 9.17) is 9.47 Å². The molecule has 0 aliphatic carbocycles. The largest absolute Gasteiger partial charge is 0.389 e. The molecular weight excluding hydrogens is 222 g/mol. The van der Waals surface area contributed by atoms with Gasteiger partial charge in [0.1, 0.15) is 0 Å². The Balaban J connectivity index is 3.37. The molecule has 0 radical (unpaired) electrons. The predicted octanol–water partition coefficient (Wildman–Crippen LogP) is 0.151. The fourth-order valence-corrected chi connectivity index (χ4v) is 1.17. The fourth-order valence-electron chi connectivity index (χ4n) is 1.17. The van der Waals surface area contributed by atoms with Crippen molar-refractivity contribution in [1.82, 2.24) is 5.32 Å². The highest BCUT2D eigenvalue weighted by atomic mass is 16.5. The van der Waals surface area contributed by atoms with Gasteiger partial charge in [0.25, 0.3) is 0 Å². The van der Waals surface area contributed by atoms with Gasteiger partial charge in [-0.15, -0.1) is 0 Å². The molecule has 0 amide bonds. The van der Waals surface area contributed by atoms with Crippen molar-refractivity contribution < 1.29 is 19.7 Å². The molecule has 0 aromatic carbocycles. The van der Waals surface area contributed by atoms with Gasteiger partial charge >= 0.3 is 0 Å². The first-order chi connectivity index (χ1) is 8.02. The van der Waals surface area contributed by atoms with Crippen molar-refractivity contribution in [3.63, 3.8) is 0 Å². The zero-order chi connectivity index (χ0) is 13.1. The van der Waals surface area contributed by atoms with Crippen molar-refractivity contribution >= 4 is 0 Å². The lowest BCUT2D eigenvalue weighted by Crippen LogP contribution is -2.41. The minimum absolute atomic E-state index is 0.286. The second-order valence-electron chi connectivity index (χ2n) is 4.41. The van der Waals surface area contributed by atoms with Gasteiger partial charge in [-0.1, -0.05) is 6.92 Å². The van der Waals surface area contributed by atoms with Crippen LogP contribution in [0.25, 0.3) is 0 Å². The smallest absolute Gasteiger partial charge is 0.0897 e. The summed E-state index contributed by atoms with van der Waals surface area (Å²) < 4.78 is 10.3. The molecule has 0 heterocycles. The first-order valence-corrected chi connectivity index (χ1v) is 6.28. The Kier molecular flexibility index (Phi) is 9.68. The van der Waals surface area contributed by atoms with E-state index in [1.807, 2.05) is 13.8 Å². The van der Waals surface area contributed by atoms with Gasteiger partial charge in [-0.05, 0) is 20.3 Å². The van der Waals surface area contributed by atoms with Crippen LogP contribution in [0.2, 0.25) is 0 Å². The molecule has 5 heteroatoms. The number of hydrogen-bond acceptors (Lipinski definition) is 5. The molecule has 3 N–H and O–H groups in total. The average molecular weight is 249 g/mol. The van der Waals surface area contributed by atoms with Crippen LogP contribution in [0.3, 0.4) is 0 Å². The summed E-state index contributed by atoms with van der Waals surface area (Å²) in [5.41, 5.74) is -0.713. The van der Waals surface area contributed by atoms with E-state index in [1.165, 1.54) is 0 Å². The highest BCUT2D eigenvalue weighted by Gasteiger charge is 2.17. The van der Waals surface area contributed by atoms with Gasteiger partial charge < -0.3 is 25.0 Å². The van der Waals surface area contributed by atoms with Gasteiger partial charge in [-0.25, -0.2) is 0 Å². The van der Waals surface area contributed by atoms with Crippen LogP contribution in [0.15, 0.2) is 0 Å². The van der Waals surface area contributed by atoms with Crippen LogP contribution in [-0.4, -0.2) is 61.4 Å². The number of aliphatic hydroxyl groups excluding tert-OH is 1. The van der Waals surface area contributed by atoms with Crippen LogP contribution in [0, 0.1) is 0 Å². The van der Waals surface area contributed by atoms with E-state index in [0.717, 1.165) is 0 Å². The molecule has 0 aromatic heterocycles. The van der Waals surface area contributed by atoms with Gasteiger partial charge in [-0.2, -0.15) is 0 Å². The Morgan fingerprint density at radius 3 is 2.47 bits per heavy atom. The number of hydrogen-bond donors (Lipinski definition) is 3. The predicted molar refractivity (Wildman–Crippen MR) is 67.1 cm³/mol. The van der Waals surface area contributed by atoms with Crippen molar-refractivity contribution in [2.45, 2.75) is 38.9 Å². The number of ether oxygens (including phenoxy) is 2. The topological polar surface area (TPSA) is 71.0 Å². The van der Waals surface area contributed by atoms with Crippen molar-refractivity contribution in [1.29, 1.82) is 0 Å². The minimum Gasteiger partial charge on any atom is -0.389 e. The molecule has 0 saturated heterocycles. The Hall–Kier alpha value is -0.200. The monoisotopic (exact) mass is 249 g/mol. The molecule has 2 unspecified atom stereocenters. The van der Waals surface area contributed by atoms with Crippen molar-refractivity contribution in [2.75, 3.05) is 39.5 Å². The van der Waals surface area contributed by atoms with Crippen LogP contribution >= 0.6 is 0 Å². The third kappa shape index (κ3) is 10.7. The Morgan fingerprint density at radius 1 is 1.24 bits per heavy atom. The van der Waals surface area contributed by atoms with Crippen LogP contribution < -0.4 is 5.32 Å². The summed E-state index contributed by atoms with van der Waals surface area (Å²) in [5.74, 6) is 0. The highest BCUT2D eigenvalue weighted by molar-refractivity contribution is 4.74. The summed E-state index contributed by atoms with van der Waals surface area (Å²) in [4.78, 5) is 0. The van der Waals surface area contributed by atoms with E-state index in [0.29, 0.717) is 39.3 Å². The molecular formula is C12H27NO4. The maximum Gasteiger partial charge on any atom is 0.0897 e. The second kappa shape index (κ2) is 9.79. The van der Waals surface area contributed by atoms with Gasteiger partial charge in [-0.3, -0.25) is 0 Å². The molecule has 0 fully saturated rings. The summed E-state index contributed by atoms with van der Waals surface area (Å²) in [7, 11) is 0. The maximum absolute atomic E-state index is 9.72. The molecule has 5 nitrogen and oxygen atoms in total. The van der Waals surface area contributed by atoms with Gasteiger partial charge in [0, 0.05) is 19.7 Å². The molecule has 2 atom stereocenters. The first-order valence-electron chi connectivity index (χ1n) is 6.28. The lowest BCUT2D eigenvalue weighted by molar-refractivity contribution is 0.00275.